The zero-order chi connectivity index (χ0) is 14.5. The van der Waals surface area contributed by atoms with E-state index < -0.39 is 5.97 Å². The maximum atomic E-state index is 11.4. The van der Waals surface area contributed by atoms with Crippen molar-refractivity contribution in [1.82, 2.24) is 0 Å². The Morgan fingerprint density at radius 2 is 1.55 bits per heavy atom. The molecule has 0 spiro atoms. The van der Waals surface area contributed by atoms with Crippen LogP contribution in [-0.4, -0.2) is 5.97 Å². The largest absolute Gasteiger partial charge is 0.423 e. The number of hydrogen-bond donors (Lipinski definition) is 0. The number of benzene rings is 2. The molecule has 0 aliphatic heterocycles. The minimum Gasteiger partial charge on any atom is -0.423 e. The fraction of sp³-hybridized carbons (Fsp3) is 0.0625. The van der Waals surface area contributed by atoms with Crippen molar-refractivity contribution in [2.24, 2.45) is 0 Å². The van der Waals surface area contributed by atoms with E-state index in [1.807, 2.05) is 36.4 Å². The first kappa shape index (κ1) is 14.9. The molecule has 0 amide bonds. The molecule has 0 N–H and O–H groups in total. The van der Waals surface area contributed by atoms with E-state index in [9.17, 15) is 4.79 Å². The van der Waals surface area contributed by atoms with Gasteiger partial charge in [0.1, 0.15) is 5.75 Å². The van der Waals surface area contributed by atoms with Crippen molar-refractivity contribution >= 4 is 33.7 Å². The van der Waals surface area contributed by atoms with Crippen LogP contribution in [0.15, 0.2) is 74.9 Å². The maximum Gasteiger partial charge on any atom is 0.338 e. The Balaban J connectivity index is 2.03. The van der Waals surface area contributed by atoms with Crippen LogP contribution in [0.1, 0.15) is 6.92 Å². The molecule has 0 aromatic heterocycles. The number of esters is 1. The van der Waals surface area contributed by atoms with E-state index in [1.165, 1.54) is 0 Å². The smallest absolute Gasteiger partial charge is 0.338 e. The van der Waals surface area contributed by atoms with Crippen LogP contribution in [0.5, 0.6) is 5.75 Å². The lowest BCUT2D eigenvalue weighted by atomic mass is 10.3. The third-order valence-electron chi connectivity index (χ3n) is 2.43. The van der Waals surface area contributed by atoms with Crippen molar-refractivity contribution in [2.45, 2.75) is 16.7 Å². The highest BCUT2D eigenvalue weighted by molar-refractivity contribution is 9.10. The van der Waals surface area contributed by atoms with E-state index in [0.29, 0.717) is 11.3 Å². The van der Waals surface area contributed by atoms with Gasteiger partial charge >= 0.3 is 5.97 Å². The summed E-state index contributed by atoms with van der Waals surface area (Å²) in [5.41, 5.74) is 0.387. The molecule has 2 aromatic rings. The highest BCUT2D eigenvalue weighted by atomic mass is 79.9. The van der Waals surface area contributed by atoms with Crippen LogP contribution in [0, 0.1) is 0 Å². The highest BCUT2D eigenvalue weighted by Crippen LogP contribution is 2.29. The molecule has 0 saturated heterocycles. The molecule has 0 atom stereocenters. The van der Waals surface area contributed by atoms with E-state index in [2.05, 4.69) is 22.5 Å². The third-order valence-corrected chi connectivity index (χ3v) is 3.98. The second kappa shape index (κ2) is 6.77. The SMILES string of the molecule is C=C(C)C(=O)Oc1ccc(Sc2ccc(Br)cc2)cc1. The molecule has 0 aliphatic rings. The molecule has 0 aliphatic carbocycles. The summed E-state index contributed by atoms with van der Waals surface area (Å²) in [7, 11) is 0. The van der Waals surface area contributed by atoms with E-state index >= 15 is 0 Å². The van der Waals surface area contributed by atoms with Crippen LogP contribution in [0.25, 0.3) is 0 Å². The van der Waals surface area contributed by atoms with Gasteiger partial charge in [-0.15, -0.1) is 0 Å². The van der Waals surface area contributed by atoms with Gasteiger partial charge in [0.2, 0.25) is 0 Å². The summed E-state index contributed by atoms with van der Waals surface area (Å²) < 4.78 is 6.20. The van der Waals surface area contributed by atoms with Crippen LogP contribution < -0.4 is 4.74 Å². The van der Waals surface area contributed by atoms with Crippen LogP contribution in [-0.2, 0) is 4.79 Å². The Morgan fingerprint density at radius 3 is 2.05 bits per heavy atom. The first-order valence-corrected chi connectivity index (χ1v) is 7.57. The summed E-state index contributed by atoms with van der Waals surface area (Å²) in [5.74, 6) is 0.122. The Labute approximate surface area is 131 Å². The highest BCUT2D eigenvalue weighted by Gasteiger charge is 2.05. The van der Waals surface area contributed by atoms with E-state index in [4.69, 9.17) is 4.74 Å². The van der Waals surface area contributed by atoms with Gasteiger partial charge in [-0.3, -0.25) is 0 Å². The van der Waals surface area contributed by atoms with Crippen LogP contribution in [0.4, 0.5) is 0 Å². The molecule has 4 heteroatoms. The Kier molecular flexibility index (Phi) is 5.04. The van der Waals surface area contributed by atoms with Crippen molar-refractivity contribution in [3.63, 3.8) is 0 Å². The first-order chi connectivity index (χ1) is 9.54. The van der Waals surface area contributed by atoms with Crippen LogP contribution in [0.3, 0.4) is 0 Å². The second-order valence-electron chi connectivity index (χ2n) is 4.20. The third kappa shape index (κ3) is 4.25. The van der Waals surface area contributed by atoms with Crippen molar-refractivity contribution in [3.8, 4) is 5.75 Å². The van der Waals surface area contributed by atoms with Gasteiger partial charge in [0.05, 0.1) is 0 Å². The zero-order valence-corrected chi connectivity index (χ0v) is 13.3. The normalized spacial score (nSPS) is 10.1. The lowest BCUT2D eigenvalue weighted by Crippen LogP contribution is -2.07. The van der Waals surface area contributed by atoms with Crippen molar-refractivity contribution in [2.75, 3.05) is 0 Å². The monoisotopic (exact) mass is 348 g/mol. The predicted octanol–water partition coefficient (Wildman–Crippen LogP) is 5.08. The standard InChI is InChI=1S/C16H13BrO2S/c1-11(2)16(18)19-13-5-9-15(10-6-13)20-14-7-3-12(17)4-8-14/h3-10H,1H2,2H3. The van der Waals surface area contributed by atoms with Gasteiger partial charge in [-0.25, -0.2) is 4.79 Å². The quantitative estimate of drug-likeness (QED) is 0.437. The first-order valence-electron chi connectivity index (χ1n) is 5.96. The summed E-state index contributed by atoms with van der Waals surface area (Å²) in [4.78, 5) is 13.6. The van der Waals surface area contributed by atoms with Crippen LogP contribution >= 0.6 is 27.7 Å². The summed E-state index contributed by atoms with van der Waals surface area (Å²) in [6.45, 7) is 5.17. The number of hydrogen-bond acceptors (Lipinski definition) is 3. The number of carbonyl (C=O) groups is 1. The van der Waals surface area contributed by atoms with Gasteiger partial charge in [0.25, 0.3) is 0 Å². The zero-order valence-electron chi connectivity index (χ0n) is 10.9. The fourth-order valence-corrected chi connectivity index (χ4v) is 2.49. The lowest BCUT2D eigenvalue weighted by Gasteiger charge is -2.05. The van der Waals surface area contributed by atoms with Crippen molar-refractivity contribution in [1.29, 1.82) is 0 Å². The lowest BCUT2D eigenvalue weighted by molar-refractivity contribution is -0.130. The molecule has 20 heavy (non-hydrogen) atoms. The minimum absolute atomic E-state index is 0.387. The maximum absolute atomic E-state index is 11.4. The number of ether oxygens (including phenoxy) is 1. The topological polar surface area (TPSA) is 26.3 Å². The van der Waals surface area contributed by atoms with Crippen molar-refractivity contribution < 1.29 is 9.53 Å². The number of halogens is 1. The molecular weight excluding hydrogens is 336 g/mol. The summed E-state index contributed by atoms with van der Waals surface area (Å²) in [6.07, 6.45) is 0. The molecular formula is C16H13BrO2S. The summed E-state index contributed by atoms with van der Waals surface area (Å²) >= 11 is 5.06. The van der Waals surface area contributed by atoms with Gasteiger partial charge in [-0.05, 0) is 55.5 Å². The second-order valence-corrected chi connectivity index (χ2v) is 6.26. The molecule has 0 radical (unpaired) electrons. The Morgan fingerprint density at radius 1 is 1.05 bits per heavy atom. The van der Waals surface area contributed by atoms with Gasteiger partial charge < -0.3 is 4.74 Å². The Bertz CT molecular complexity index is 618. The van der Waals surface area contributed by atoms with Gasteiger partial charge in [0.15, 0.2) is 0 Å². The number of rotatable bonds is 4. The molecule has 0 unspecified atom stereocenters. The molecule has 2 rings (SSSR count). The summed E-state index contributed by atoms with van der Waals surface area (Å²) in [5, 5.41) is 0. The molecule has 0 fully saturated rings. The molecule has 0 heterocycles. The minimum atomic E-state index is -0.404. The molecule has 0 saturated carbocycles. The van der Waals surface area contributed by atoms with Gasteiger partial charge in [-0.1, -0.05) is 34.3 Å². The predicted molar refractivity (Wildman–Crippen MR) is 85.2 cm³/mol. The Hall–Kier alpha value is -1.52. The molecule has 2 nitrogen and oxygen atoms in total. The fourth-order valence-electron chi connectivity index (χ4n) is 1.41. The average Bonchev–Trinajstić information content (AvgIpc) is 2.43. The molecule has 102 valence electrons. The van der Waals surface area contributed by atoms with Gasteiger partial charge in [-0.2, -0.15) is 0 Å². The average molecular weight is 349 g/mol. The van der Waals surface area contributed by atoms with E-state index in [1.54, 1.807) is 30.8 Å². The summed E-state index contributed by atoms with van der Waals surface area (Å²) in [6, 6.07) is 15.5. The van der Waals surface area contributed by atoms with E-state index in [0.717, 1.165) is 14.3 Å². The van der Waals surface area contributed by atoms with Crippen molar-refractivity contribution in [3.05, 3.63) is 65.2 Å². The van der Waals surface area contributed by atoms with Gasteiger partial charge in [0, 0.05) is 19.8 Å². The molecule has 0 bridgehead atoms. The number of carbonyl (C=O) groups excluding carboxylic acids is 1. The van der Waals surface area contributed by atoms with E-state index in [-0.39, 0.29) is 0 Å². The molecule has 2 aromatic carbocycles. The van der Waals surface area contributed by atoms with Crippen LogP contribution in [0.2, 0.25) is 0 Å².